The third kappa shape index (κ3) is 3.68. The number of benzene rings is 1. The van der Waals surface area contributed by atoms with E-state index in [1.807, 2.05) is 36.4 Å². The van der Waals surface area contributed by atoms with Gasteiger partial charge in [-0.25, -0.2) is 9.48 Å². The van der Waals surface area contributed by atoms with E-state index in [2.05, 4.69) is 5.32 Å². The first kappa shape index (κ1) is 19.4. The third-order valence-corrected chi connectivity index (χ3v) is 4.53. The Morgan fingerprint density at radius 3 is 2.54 bits per heavy atom. The first-order valence-electron chi connectivity index (χ1n) is 7.92. The fourth-order valence-corrected chi connectivity index (χ4v) is 2.97. The molecule has 26 heavy (non-hydrogen) atoms. The summed E-state index contributed by atoms with van der Waals surface area (Å²) in [6.45, 7) is 3.62. The number of hydrogen-bond donors (Lipinski definition) is 1. The Labute approximate surface area is 155 Å². The zero-order valence-electron chi connectivity index (χ0n) is 15.1. The fourth-order valence-electron chi connectivity index (χ4n) is 2.43. The van der Waals surface area contributed by atoms with Crippen molar-refractivity contribution in [1.29, 1.82) is 5.26 Å². The minimum Gasteiger partial charge on any atom is -0.462 e. The Bertz CT molecular complexity index is 936. The molecular formula is C18H20N4O3S. The average Bonchev–Trinajstić information content (AvgIpc) is 2.85. The summed E-state index contributed by atoms with van der Waals surface area (Å²) in [6, 6.07) is 11.1. The highest BCUT2D eigenvalue weighted by Crippen LogP contribution is 2.22. The van der Waals surface area contributed by atoms with Crippen molar-refractivity contribution in [3.8, 4) is 11.8 Å². The van der Waals surface area contributed by atoms with Gasteiger partial charge in [0.25, 0.3) is 5.56 Å². The number of rotatable bonds is 6. The summed E-state index contributed by atoms with van der Waals surface area (Å²) in [5.41, 5.74) is 1.26. The Kier molecular flexibility index (Phi) is 6.31. The molecular weight excluding hydrogens is 352 g/mol. The van der Waals surface area contributed by atoms with Crippen LogP contribution in [0.1, 0.15) is 12.6 Å². The van der Waals surface area contributed by atoms with Gasteiger partial charge in [0.1, 0.15) is 11.8 Å². The number of aromatic nitrogens is 2. The molecule has 1 aromatic carbocycles. The van der Waals surface area contributed by atoms with Gasteiger partial charge >= 0.3 is 5.97 Å². The third-order valence-electron chi connectivity index (χ3n) is 3.82. The van der Waals surface area contributed by atoms with E-state index in [1.54, 1.807) is 31.8 Å². The van der Waals surface area contributed by atoms with Crippen LogP contribution in [0.5, 0.6) is 0 Å². The fraction of sp³-hybridized carbons (Fsp3) is 0.278. The van der Waals surface area contributed by atoms with Crippen molar-refractivity contribution in [3.63, 3.8) is 0 Å². The Hall–Kier alpha value is -2.92. The predicted molar refractivity (Wildman–Crippen MR) is 102 cm³/mol. The van der Waals surface area contributed by atoms with Gasteiger partial charge in [-0.2, -0.15) is 5.26 Å². The van der Waals surface area contributed by atoms with Gasteiger partial charge in [0, 0.05) is 7.05 Å². The van der Waals surface area contributed by atoms with Gasteiger partial charge in [-0.1, -0.05) is 18.2 Å². The van der Waals surface area contributed by atoms with Crippen molar-refractivity contribution in [1.82, 2.24) is 9.36 Å². The molecule has 136 valence electrons. The van der Waals surface area contributed by atoms with E-state index < -0.39 is 5.97 Å². The molecule has 7 nitrogen and oxygen atoms in total. The maximum absolute atomic E-state index is 12.9. The topological polar surface area (TPSA) is 89.1 Å². The van der Waals surface area contributed by atoms with Crippen molar-refractivity contribution in [3.05, 3.63) is 57.0 Å². The van der Waals surface area contributed by atoms with Crippen LogP contribution in [-0.2, 0) is 16.6 Å². The number of esters is 1. The molecule has 0 amide bonds. The normalized spacial score (nSPS) is 11.5. The number of carbonyl (C=O) groups is 1. The number of ether oxygens (including phenoxy) is 1. The molecule has 0 unspecified atom stereocenters. The van der Waals surface area contributed by atoms with E-state index in [4.69, 9.17) is 4.74 Å². The second-order valence-electron chi connectivity index (χ2n) is 5.30. The van der Waals surface area contributed by atoms with Crippen LogP contribution in [0.2, 0.25) is 0 Å². The van der Waals surface area contributed by atoms with E-state index in [1.165, 1.54) is 16.4 Å². The Morgan fingerprint density at radius 1 is 1.35 bits per heavy atom. The van der Waals surface area contributed by atoms with E-state index in [0.717, 1.165) is 5.69 Å². The lowest BCUT2D eigenvalue weighted by Gasteiger charge is -2.09. The molecule has 0 radical (unpaired) electrons. The molecule has 0 atom stereocenters. The molecule has 1 heterocycles. The van der Waals surface area contributed by atoms with Gasteiger partial charge in [-0.15, -0.1) is 11.8 Å². The molecule has 0 spiro atoms. The molecule has 1 aromatic heterocycles. The van der Waals surface area contributed by atoms with Crippen LogP contribution in [0.25, 0.3) is 5.69 Å². The Balaban J connectivity index is 2.55. The number of anilines is 1. The highest BCUT2D eigenvalue weighted by Gasteiger charge is 2.21. The van der Waals surface area contributed by atoms with Crippen molar-refractivity contribution in [2.75, 3.05) is 18.2 Å². The zero-order chi connectivity index (χ0) is 19.3. The SMILES string of the molecule is CCOC(=O)/C(C#N)=C(\Nc1c(C)n(C)n(-c2ccccc2)c1=O)SC. The lowest BCUT2D eigenvalue weighted by Crippen LogP contribution is -2.21. The van der Waals surface area contributed by atoms with Gasteiger partial charge < -0.3 is 10.1 Å². The van der Waals surface area contributed by atoms with Crippen LogP contribution in [0.15, 0.2) is 45.7 Å². The van der Waals surface area contributed by atoms with Crippen LogP contribution < -0.4 is 10.9 Å². The number of thioether (sulfide) groups is 1. The molecule has 0 saturated heterocycles. The maximum atomic E-state index is 12.9. The molecule has 0 fully saturated rings. The van der Waals surface area contributed by atoms with Gasteiger partial charge in [-0.3, -0.25) is 9.48 Å². The van der Waals surface area contributed by atoms with Crippen molar-refractivity contribution >= 4 is 23.4 Å². The van der Waals surface area contributed by atoms with E-state index in [-0.39, 0.29) is 22.8 Å². The lowest BCUT2D eigenvalue weighted by atomic mass is 10.3. The number of nitrogens with zero attached hydrogens (tertiary/aromatic N) is 3. The molecule has 2 aromatic rings. The highest BCUT2D eigenvalue weighted by atomic mass is 32.2. The Morgan fingerprint density at radius 2 is 2.00 bits per heavy atom. The summed E-state index contributed by atoms with van der Waals surface area (Å²) in [5.74, 6) is -0.719. The van der Waals surface area contributed by atoms with E-state index in [9.17, 15) is 14.9 Å². The minimum atomic E-state index is -0.719. The number of para-hydroxylation sites is 1. The van der Waals surface area contributed by atoms with Crippen molar-refractivity contribution < 1.29 is 9.53 Å². The molecule has 0 bridgehead atoms. The first-order valence-corrected chi connectivity index (χ1v) is 9.15. The standard InChI is InChI=1S/C18H20N4O3S/c1-5-25-18(24)14(11-19)16(26-4)20-15-12(2)21(3)22(17(15)23)13-9-7-6-8-10-13/h6-10,20H,5H2,1-4H3/b16-14+. The van der Waals surface area contributed by atoms with Crippen molar-refractivity contribution in [2.24, 2.45) is 7.05 Å². The number of nitrogens with one attached hydrogen (secondary N) is 1. The maximum Gasteiger partial charge on any atom is 0.351 e. The van der Waals surface area contributed by atoms with Crippen molar-refractivity contribution in [2.45, 2.75) is 13.8 Å². The minimum absolute atomic E-state index is 0.159. The van der Waals surface area contributed by atoms with Crippen LogP contribution in [0.4, 0.5) is 5.69 Å². The number of nitriles is 1. The largest absolute Gasteiger partial charge is 0.462 e. The van der Waals surface area contributed by atoms with Crippen LogP contribution >= 0.6 is 11.8 Å². The molecule has 0 aliphatic rings. The van der Waals surface area contributed by atoms with Gasteiger partial charge in [0.05, 0.1) is 23.0 Å². The molecule has 0 aliphatic heterocycles. The summed E-state index contributed by atoms with van der Waals surface area (Å²) >= 11 is 1.17. The summed E-state index contributed by atoms with van der Waals surface area (Å²) in [6.07, 6.45) is 1.72. The lowest BCUT2D eigenvalue weighted by molar-refractivity contribution is -0.138. The first-order chi connectivity index (χ1) is 12.5. The summed E-state index contributed by atoms with van der Waals surface area (Å²) in [5, 5.41) is 12.6. The number of carbonyl (C=O) groups excluding carboxylic acids is 1. The summed E-state index contributed by atoms with van der Waals surface area (Å²) < 4.78 is 8.15. The molecule has 1 N–H and O–H groups in total. The second-order valence-corrected chi connectivity index (χ2v) is 6.12. The zero-order valence-corrected chi connectivity index (χ0v) is 15.9. The van der Waals surface area contributed by atoms with E-state index >= 15 is 0 Å². The molecule has 2 rings (SSSR count). The van der Waals surface area contributed by atoms with Crippen LogP contribution in [-0.4, -0.2) is 28.2 Å². The van der Waals surface area contributed by atoms with Gasteiger partial charge in [0.15, 0.2) is 5.57 Å². The van der Waals surface area contributed by atoms with E-state index in [0.29, 0.717) is 11.4 Å². The molecule has 0 saturated carbocycles. The summed E-state index contributed by atoms with van der Waals surface area (Å²) in [7, 11) is 1.77. The smallest absolute Gasteiger partial charge is 0.351 e. The predicted octanol–water partition coefficient (Wildman–Crippen LogP) is 2.56. The monoisotopic (exact) mass is 372 g/mol. The molecule has 8 heteroatoms. The molecule has 0 aliphatic carbocycles. The van der Waals surface area contributed by atoms with Gasteiger partial charge in [-0.05, 0) is 32.2 Å². The summed E-state index contributed by atoms with van der Waals surface area (Å²) in [4.78, 5) is 24.9. The number of hydrogen-bond acceptors (Lipinski definition) is 6. The highest BCUT2D eigenvalue weighted by molar-refractivity contribution is 8.02. The van der Waals surface area contributed by atoms with Crippen LogP contribution in [0, 0.1) is 18.3 Å². The second kappa shape index (κ2) is 8.45. The van der Waals surface area contributed by atoms with Crippen LogP contribution in [0.3, 0.4) is 0 Å². The van der Waals surface area contributed by atoms with Gasteiger partial charge in [0.2, 0.25) is 0 Å². The average molecular weight is 372 g/mol. The quantitative estimate of drug-likeness (QED) is 0.476.